The molecule has 5 rings (SSSR count). The molecule has 3 fully saturated rings. The summed E-state index contributed by atoms with van der Waals surface area (Å²) in [7, 11) is 0. The highest BCUT2D eigenvalue weighted by atomic mass is 16.6. The first-order valence-electron chi connectivity index (χ1n) is 14.2. The highest BCUT2D eigenvalue weighted by molar-refractivity contribution is 5.89. The lowest BCUT2D eigenvalue weighted by molar-refractivity contribution is -0.359. The maximum Gasteiger partial charge on any atom is 0.338 e. The van der Waals surface area contributed by atoms with Crippen molar-refractivity contribution in [2.24, 2.45) is 16.7 Å². The molecule has 1 unspecified atom stereocenters. The average molecular weight is 555 g/mol. The molecule has 1 aliphatic heterocycles. The van der Waals surface area contributed by atoms with E-state index in [0.29, 0.717) is 37.7 Å². The van der Waals surface area contributed by atoms with Gasteiger partial charge in [-0.1, -0.05) is 56.7 Å². The standard InChI is InChI=1S/C32H42O8/c1-7-25(34)38-23-17-24-31(18-37-24,40-20(3)33)26-27(39-28(35)21-11-9-8-10-12-21)32(36)16-13-19(2)22(29(32,4)5)14-15-30(23,26)6/h7-12,23-27,34,36H,1,13-18H2,2-6H3/t23-,24+,25-,26?,27-,30+,31-,32+/m0/s1. The molecule has 2 bridgehead atoms. The predicted octanol–water partition coefficient (Wildman–Crippen LogP) is 4.49. The Morgan fingerprint density at radius 3 is 2.45 bits per heavy atom. The topological polar surface area (TPSA) is 112 Å². The van der Waals surface area contributed by atoms with E-state index in [1.165, 1.54) is 18.6 Å². The summed E-state index contributed by atoms with van der Waals surface area (Å²) < 4.78 is 24.8. The number of carbonyl (C=O) groups is 2. The summed E-state index contributed by atoms with van der Waals surface area (Å²) in [6, 6.07) is 8.71. The van der Waals surface area contributed by atoms with E-state index in [1.54, 1.807) is 24.3 Å². The molecule has 8 atom stereocenters. The van der Waals surface area contributed by atoms with Gasteiger partial charge in [-0.3, -0.25) is 4.79 Å². The van der Waals surface area contributed by atoms with Crippen molar-refractivity contribution in [2.45, 2.75) is 103 Å². The van der Waals surface area contributed by atoms with Crippen LogP contribution in [-0.2, 0) is 23.7 Å². The zero-order valence-corrected chi connectivity index (χ0v) is 24.1. The Morgan fingerprint density at radius 2 is 1.85 bits per heavy atom. The molecule has 8 heteroatoms. The van der Waals surface area contributed by atoms with Crippen molar-refractivity contribution in [3.63, 3.8) is 0 Å². The number of benzene rings is 1. The number of ether oxygens (including phenoxy) is 4. The number of allylic oxidation sites excluding steroid dienone is 1. The lowest BCUT2D eigenvalue weighted by atomic mass is 9.45. The number of aliphatic hydroxyl groups excluding tert-OH is 1. The number of fused-ring (bicyclic) bond motifs is 5. The number of hydrogen-bond acceptors (Lipinski definition) is 8. The number of carbonyl (C=O) groups excluding carboxylic acids is 2. The second kappa shape index (κ2) is 10.1. The molecule has 1 saturated heterocycles. The Labute approximate surface area is 236 Å². The van der Waals surface area contributed by atoms with Crippen molar-refractivity contribution < 1.29 is 38.7 Å². The minimum absolute atomic E-state index is 0.117. The summed E-state index contributed by atoms with van der Waals surface area (Å²) in [5.41, 5.74) is -1.41. The van der Waals surface area contributed by atoms with Gasteiger partial charge >= 0.3 is 11.9 Å². The Bertz CT molecular complexity index is 1210. The highest BCUT2D eigenvalue weighted by Crippen LogP contribution is 2.65. The highest BCUT2D eigenvalue weighted by Gasteiger charge is 2.74. The van der Waals surface area contributed by atoms with Gasteiger partial charge in [-0.15, -0.1) is 0 Å². The number of esters is 2. The van der Waals surface area contributed by atoms with E-state index in [2.05, 4.69) is 13.5 Å². The molecule has 4 aliphatic rings. The van der Waals surface area contributed by atoms with Gasteiger partial charge in [-0.2, -0.15) is 0 Å². The number of hydrogen-bond donors (Lipinski definition) is 2. The zero-order chi connectivity index (χ0) is 29.1. The van der Waals surface area contributed by atoms with Crippen LogP contribution in [0.25, 0.3) is 0 Å². The minimum Gasteiger partial charge on any atom is -0.455 e. The fraction of sp³-hybridized carbons (Fsp3) is 0.625. The van der Waals surface area contributed by atoms with Crippen LogP contribution in [-0.4, -0.2) is 64.6 Å². The Kier molecular flexibility index (Phi) is 7.31. The lowest BCUT2D eigenvalue weighted by Crippen LogP contribution is -2.79. The fourth-order valence-corrected chi connectivity index (χ4v) is 8.18. The van der Waals surface area contributed by atoms with Gasteiger partial charge in [0.25, 0.3) is 0 Å². The van der Waals surface area contributed by atoms with E-state index in [9.17, 15) is 19.8 Å². The Balaban J connectivity index is 1.73. The van der Waals surface area contributed by atoms with Gasteiger partial charge < -0.3 is 29.2 Å². The van der Waals surface area contributed by atoms with Gasteiger partial charge in [-0.05, 0) is 50.8 Å². The van der Waals surface area contributed by atoms with Crippen LogP contribution >= 0.6 is 0 Å². The molecule has 8 nitrogen and oxygen atoms in total. The molecule has 3 aliphatic carbocycles. The first kappa shape index (κ1) is 29.0. The summed E-state index contributed by atoms with van der Waals surface area (Å²) >= 11 is 0. The van der Waals surface area contributed by atoms with Crippen molar-refractivity contribution >= 4 is 11.9 Å². The maximum absolute atomic E-state index is 13.7. The molecule has 1 heterocycles. The Hall–Kier alpha value is -2.52. The van der Waals surface area contributed by atoms with Gasteiger partial charge in [-0.25, -0.2) is 4.79 Å². The third-order valence-corrected chi connectivity index (χ3v) is 10.5. The van der Waals surface area contributed by atoms with Crippen LogP contribution in [0.5, 0.6) is 0 Å². The van der Waals surface area contributed by atoms with Gasteiger partial charge in [0, 0.05) is 24.2 Å². The van der Waals surface area contributed by atoms with Crippen LogP contribution in [0, 0.1) is 16.7 Å². The smallest absolute Gasteiger partial charge is 0.338 e. The molecule has 218 valence electrons. The largest absolute Gasteiger partial charge is 0.455 e. The molecule has 2 saturated carbocycles. The summed E-state index contributed by atoms with van der Waals surface area (Å²) in [4.78, 5) is 26.3. The molecule has 2 N–H and O–H groups in total. The summed E-state index contributed by atoms with van der Waals surface area (Å²) in [5.74, 6) is -1.72. The van der Waals surface area contributed by atoms with Crippen molar-refractivity contribution in [3.05, 3.63) is 59.7 Å². The van der Waals surface area contributed by atoms with Crippen LogP contribution in [0.4, 0.5) is 0 Å². The number of rotatable bonds is 6. The normalized spacial score (nSPS) is 38.9. The quantitative estimate of drug-likeness (QED) is 0.301. The van der Waals surface area contributed by atoms with Crippen LogP contribution in [0.2, 0.25) is 0 Å². The van der Waals surface area contributed by atoms with Crippen molar-refractivity contribution in [1.82, 2.24) is 0 Å². The van der Waals surface area contributed by atoms with E-state index >= 15 is 0 Å². The second-order valence-electron chi connectivity index (χ2n) is 12.8. The van der Waals surface area contributed by atoms with E-state index < -0.39 is 64.5 Å². The monoisotopic (exact) mass is 554 g/mol. The number of aliphatic hydroxyl groups is 2. The summed E-state index contributed by atoms with van der Waals surface area (Å²) in [6.45, 7) is 13.3. The third-order valence-electron chi connectivity index (χ3n) is 10.5. The third kappa shape index (κ3) is 4.26. The maximum atomic E-state index is 13.7. The van der Waals surface area contributed by atoms with Crippen molar-refractivity contribution in [3.8, 4) is 0 Å². The van der Waals surface area contributed by atoms with Crippen molar-refractivity contribution in [2.75, 3.05) is 6.61 Å². The first-order chi connectivity index (χ1) is 18.8. The summed E-state index contributed by atoms with van der Waals surface area (Å²) in [6.07, 6.45) is 0.606. The molecule has 1 aromatic rings. The van der Waals surface area contributed by atoms with Gasteiger partial charge in [0.05, 0.1) is 24.2 Å². The Morgan fingerprint density at radius 1 is 1.15 bits per heavy atom. The SMILES string of the molecule is C=C[C@@H](O)O[C@H]1C[C@H]2OC[C@@]2(OC(C)=O)C2[C@H](OC(=O)c3ccccc3)[C@]3(O)CCC(C)=C(CC[C@@]21C)C3(C)C. The molecule has 40 heavy (non-hydrogen) atoms. The van der Waals surface area contributed by atoms with E-state index in [-0.39, 0.29) is 6.61 Å². The van der Waals surface area contributed by atoms with Gasteiger partial charge in [0.15, 0.2) is 11.9 Å². The van der Waals surface area contributed by atoms with E-state index in [1.807, 2.05) is 26.8 Å². The van der Waals surface area contributed by atoms with Crippen LogP contribution in [0.1, 0.15) is 77.1 Å². The van der Waals surface area contributed by atoms with Gasteiger partial charge in [0.1, 0.15) is 17.8 Å². The molecule has 0 aromatic heterocycles. The fourth-order valence-electron chi connectivity index (χ4n) is 8.18. The van der Waals surface area contributed by atoms with Crippen LogP contribution < -0.4 is 0 Å². The molecular weight excluding hydrogens is 512 g/mol. The lowest BCUT2D eigenvalue weighted by Gasteiger charge is -2.68. The predicted molar refractivity (Wildman–Crippen MR) is 147 cm³/mol. The molecule has 0 spiro atoms. The molecular formula is C32H42O8. The van der Waals surface area contributed by atoms with Crippen molar-refractivity contribution in [1.29, 1.82) is 0 Å². The second-order valence-corrected chi connectivity index (χ2v) is 12.8. The first-order valence-corrected chi connectivity index (χ1v) is 14.2. The van der Waals surface area contributed by atoms with Crippen LogP contribution in [0.3, 0.4) is 0 Å². The summed E-state index contributed by atoms with van der Waals surface area (Å²) in [5, 5.41) is 23.4. The van der Waals surface area contributed by atoms with Gasteiger partial charge in [0.2, 0.25) is 0 Å². The van der Waals surface area contributed by atoms with Crippen LogP contribution in [0.15, 0.2) is 54.1 Å². The zero-order valence-electron chi connectivity index (χ0n) is 24.1. The van der Waals surface area contributed by atoms with E-state index in [4.69, 9.17) is 18.9 Å². The average Bonchev–Trinajstić information content (AvgIpc) is 2.90. The minimum atomic E-state index is -1.48. The molecule has 0 radical (unpaired) electrons. The van der Waals surface area contributed by atoms with E-state index in [0.717, 1.165) is 5.57 Å². The molecule has 1 aromatic carbocycles. The molecule has 0 amide bonds.